The Morgan fingerprint density at radius 1 is 1.11 bits per heavy atom. The quantitative estimate of drug-likeness (QED) is 0.434. The van der Waals surface area contributed by atoms with Gasteiger partial charge in [0.05, 0.1) is 18.6 Å². The van der Waals surface area contributed by atoms with Crippen LogP contribution in [0.2, 0.25) is 10.0 Å². The second-order valence-electron chi connectivity index (χ2n) is 7.91. The van der Waals surface area contributed by atoms with Crippen molar-refractivity contribution in [2.24, 2.45) is 0 Å². The predicted octanol–water partition coefficient (Wildman–Crippen LogP) is 4.10. The lowest BCUT2D eigenvalue weighted by atomic mass is 10.1. The first-order chi connectivity index (χ1) is 16.5. The maximum atomic E-state index is 13.2. The molecule has 0 saturated heterocycles. The van der Waals surface area contributed by atoms with E-state index in [9.17, 15) is 18.0 Å². The molecule has 0 aliphatic carbocycles. The number of anilines is 1. The van der Waals surface area contributed by atoms with Crippen molar-refractivity contribution in [1.29, 1.82) is 0 Å². The number of hydrogen-bond donors (Lipinski definition) is 1. The number of rotatable bonds is 12. The Balaban J connectivity index is 2.16. The summed E-state index contributed by atoms with van der Waals surface area (Å²) in [6.45, 7) is 4.20. The molecule has 1 N–H and O–H groups in total. The van der Waals surface area contributed by atoms with Gasteiger partial charge in [-0.3, -0.25) is 13.9 Å². The summed E-state index contributed by atoms with van der Waals surface area (Å²) >= 11 is 12.3. The van der Waals surface area contributed by atoms with Gasteiger partial charge in [-0.25, -0.2) is 8.42 Å². The molecule has 1 atom stereocenters. The topological polar surface area (TPSA) is 96.0 Å². The first kappa shape index (κ1) is 28.7. The molecule has 2 amide bonds. The van der Waals surface area contributed by atoms with Gasteiger partial charge in [0, 0.05) is 36.6 Å². The minimum Gasteiger partial charge on any atom is -0.494 e. The number of sulfonamides is 1. The molecule has 192 valence electrons. The molecule has 0 heterocycles. The normalized spacial score (nSPS) is 12.1. The summed E-state index contributed by atoms with van der Waals surface area (Å²) in [7, 11) is -2.08. The van der Waals surface area contributed by atoms with Gasteiger partial charge < -0.3 is 15.0 Å². The van der Waals surface area contributed by atoms with Gasteiger partial charge in [-0.2, -0.15) is 0 Å². The molecule has 0 aliphatic heterocycles. The maximum absolute atomic E-state index is 13.2. The molecule has 0 aliphatic rings. The number of nitrogens with zero attached hydrogens (tertiary/aromatic N) is 2. The van der Waals surface area contributed by atoms with Gasteiger partial charge in [0.1, 0.15) is 11.8 Å². The van der Waals surface area contributed by atoms with Crippen LogP contribution < -0.4 is 14.4 Å². The molecular formula is C24H31Cl2N3O5S. The van der Waals surface area contributed by atoms with Crippen molar-refractivity contribution >= 4 is 50.7 Å². The molecule has 0 spiro atoms. The molecule has 0 bridgehead atoms. The molecule has 2 aromatic rings. The van der Waals surface area contributed by atoms with Crippen LogP contribution >= 0.6 is 23.2 Å². The first-order valence-electron chi connectivity index (χ1n) is 11.1. The van der Waals surface area contributed by atoms with Crippen LogP contribution in [0.25, 0.3) is 0 Å². The van der Waals surface area contributed by atoms with Gasteiger partial charge >= 0.3 is 0 Å². The zero-order chi connectivity index (χ0) is 26.2. The zero-order valence-electron chi connectivity index (χ0n) is 20.3. The van der Waals surface area contributed by atoms with Crippen LogP contribution in [0.3, 0.4) is 0 Å². The number of hydrogen-bond acceptors (Lipinski definition) is 5. The molecular weight excluding hydrogens is 513 g/mol. The molecule has 0 aromatic heterocycles. The second kappa shape index (κ2) is 13.0. The monoisotopic (exact) mass is 543 g/mol. The van der Waals surface area contributed by atoms with Gasteiger partial charge in [0.15, 0.2) is 0 Å². The van der Waals surface area contributed by atoms with Crippen LogP contribution in [0.1, 0.15) is 32.3 Å². The summed E-state index contributed by atoms with van der Waals surface area (Å²) in [4.78, 5) is 26.9. The van der Waals surface area contributed by atoms with Crippen LogP contribution in [0, 0.1) is 0 Å². The number of nitrogens with one attached hydrogen (secondary N) is 1. The van der Waals surface area contributed by atoms with Gasteiger partial charge in [-0.15, -0.1) is 0 Å². The number of ether oxygens (including phenoxy) is 1. The Labute approximate surface area is 217 Å². The van der Waals surface area contributed by atoms with Crippen LogP contribution in [-0.4, -0.2) is 57.6 Å². The highest BCUT2D eigenvalue weighted by Crippen LogP contribution is 2.25. The van der Waals surface area contributed by atoms with Crippen LogP contribution in [0.15, 0.2) is 42.5 Å². The molecule has 2 rings (SSSR count). The van der Waals surface area contributed by atoms with Crippen LogP contribution in [0.4, 0.5) is 5.69 Å². The highest BCUT2D eigenvalue weighted by molar-refractivity contribution is 7.92. The lowest BCUT2D eigenvalue weighted by Crippen LogP contribution is -2.46. The smallest absolute Gasteiger partial charge is 0.242 e. The van der Waals surface area contributed by atoms with Crippen molar-refractivity contribution in [2.45, 2.75) is 39.3 Å². The average Bonchev–Trinajstić information content (AvgIpc) is 2.80. The van der Waals surface area contributed by atoms with Crippen molar-refractivity contribution < 1.29 is 22.7 Å². The van der Waals surface area contributed by atoms with Gasteiger partial charge in [-0.05, 0) is 62.2 Å². The van der Waals surface area contributed by atoms with Crippen molar-refractivity contribution in [3.05, 3.63) is 58.1 Å². The Hall–Kier alpha value is -2.49. The second-order valence-corrected chi connectivity index (χ2v) is 10.7. The zero-order valence-corrected chi connectivity index (χ0v) is 22.6. The summed E-state index contributed by atoms with van der Waals surface area (Å²) in [5, 5.41) is 3.41. The summed E-state index contributed by atoms with van der Waals surface area (Å²) in [6.07, 6.45) is 1.41. The Bertz CT molecular complexity index is 1130. The highest BCUT2D eigenvalue weighted by atomic mass is 35.5. The fourth-order valence-electron chi connectivity index (χ4n) is 3.50. The highest BCUT2D eigenvalue weighted by Gasteiger charge is 2.26. The molecule has 35 heavy (non-hydrogen) atoms. The van der Waals surface area contributed by atoms with E-state index >= 15 is 0 Å². The molecule has 0 unspecified atom stereocenters. The van der Waals surface area contributed by atoms with Crippen molar-refractivity contribution in [3.63, 3.8) is 0 Å². The molecule has 0 fully saturated rings. The molecule has 11 heteroatoms. The third-order valence-electron chi connectivity index (χ3n) is 5.36. The van der Waals surface area contributed by atoms with Gasteiger partial charge in [0.25, 0.3) is 0 Å². The van der Waals surface area contributed by atoms with E-state index in [1.54, 1.807) is 49.4 Å². The Kier molecular flexibility index (Phi) is 10.7. The summed E-state index contributed by atoms with van der Waals surface area (Å²) in [5.74, 6) is 0.0161. The molecule has 0 radical (unpaired) electrons. The van der Waals surface area contributed by atoms with Crippen molar-refractivity contribution in [3.8, 4) is 5.75 Å². The molecule has 2 aromatic carbocycles. The molecule has 0 saturated carbocycles. The van der Waals surface area contributed by atoms with Gasteiger partial charge in [0.2, 0.25) is 21.8 Å². The standard InChI is InChI=1S/C24H31Cl2N3O5S/c1-5-34-21-12-10-20(11-13-21)29(35(4,32)33)14-6-7-23(30)28(17(2)24(31)27-3)16-18-8-9-19(25)15-22(18)26/h8-13,15,17H,5-7,14,16H2,1-4H3,(H,27,31)/t17-/m1/s1. The van der Waals surface area contributed by atoms with Crippen LogP contribution in [-0.2, 0) is 26.2 Å². The lowest BCUT2D eigenvalue weighted by Gasteiger charge is -2.29. The summed E-state index contributed by atoms with van der Waals surface area (Å²) < 4.78 is 31.5. The van der Waals surface area contributed by atoms with Crippen molar-refractivity contribution in [1.82, 2.24) is 10.2 Å². The summed E-state index contributed by atoms with van der Waals surface area (Å²) in [5.41, 5.74) is 1.12. The summed E-state index contributed by atoms with van der Waals surface area (Å²) in [6, 6.07) is 10.9. The number of carbonyl (C=O) groups excluding carboxylic acids is 2. The Morgan fingerprint density at radius 3 is 2.31 bits per heavy atom. The van der Waals surface area contributed by atoms with E-state index in [-0.39, 0.29) is 37.7 Å². The van der Waals surface area contributed by atoms with E-state index in [1.165, 1.54) is 16.3 Å². The molecule has 8 nitrogen and oxygen atoms in total. The Morgan fingerprint density at radius 2 is 1.77 bits per heavy atom. The fourth-order valence-corrected chi connectivity index (χ4v) is 4.94. The van der Waals surface area contributed by atoms with Crippen molar-refractivity contribution in [2.75, 3.05) is 30.8 Å². The third-order valence-corrected chi connectivity index (χ3v) is 7.14. The first-order valence-corrected chi connectivity index (χ1v) is 13.7. The number of halogens is 2. The maximum Gasteiger partial charge on any atom is 0.242 e. The van der Waals surface area contributed by atoms with E-state index in [0.29, 0.717) is 33.7 Å². The SMILES string of the molecule is CCOc1ccc(N(CCCC(=O)N(Cc2ccc(Cl)cc2Cl)[C@H](C)C(=O)NC)S(C)(=O)=O)cc1. The predicted molar refractivity (Wildman–Crippen MR) is 140 cm³/mol. The minimum atomic E-state index is -3.58. The largest absolute Gasteiger partial charge is 0.494 e. The van der Waals surface area contributed by atoms with E-state index in [1.807, 2.05) is 6.92 Å². The fraction of sp³-hybridized carbons (Fsp3) is 0.417. The van der Waals surface area contributed by atoms with E-state index < -0.39 is 16.1 Å². The number of benzene rings is 2. The number of amides is 2. The third kappa shape index (κ3) is 8.30. The van der Waals surface area contributed by atoms with E-state index in [2.05, 4.69) is 5.32 Å². The van der Waals surface area contributed by atoms with Gasteiger partial charge in [-0.1, -0.05) is 29.3 Å². The minimum absolute atomic E-state index is 0.0373. The number of carbonyl (C=O) groups is 2. The van der Waals surface area contributed by atoms with E-state index in [0.717, 1.165) is 6.26 Å². The van der Waals surface area contributed by atoms with Crippen LogP contribution in [0.5, 0.6) is 5.75 Å². The average molecular weight is 545 g/mol. The lowest BCUT2D eigenvalue weighted by molar-refractivity contribution is -0.140. The van der Waals surface area contributed by atoms with E-state index in [4.69, 9.17) is 27.9 Å². The number of likely N-dealkylation sites (N-methyl/N-ethyl adjacent to an activating group) is 1.